The topological polar surface area (TPSA) is 249 Å². The van der Waals surface area contributed by atoms with Gasteiger partial charge in [-0.15, -0.1) is 0 Å². The third kappa shape index (κ3) is 8.83. The zero-order valence-corrected chi connectivity index (χ0v) is 35.5. The number of pyridine rings is 2. The SMILES string of the molecule is C=CC(=O)NC12CC(C(=O)Nc3ccc(NC(=O)c4cccc(-c5cc(-c6cc(C(=O)Nc7ccc(NC(=O)C8CCN(C(=O)C=C)CC8)cc7)nc(-c7ccn[nH]7)c6)n[nH]5)n4)cc3)(C1)C2. The molecule has 332 valence electrons. The molecule has 2 aromatic carbocycles. The molecule has 18 heteroatoms. The van der Waals surface area contributed by atoms with E-state index in [0.717, 1.165) is 0 Å². The van der Waals surface area contributed by atoms with Gasteiger partial charge in [0.05, 0.1) is 33.9 Å². The van der Waals surface area contributed by atoms with Crippen LogP contribution in [0.25, 0.3) is 34.0 Å². The van der Waals surface area contributed by atoms with Crippen molar-refractivity contribution in [2.24, 2.45) is 11.3 Å². The number of H-pyrrole nitrogens is 2. The number of aromatic amines is 2. The van der Waals surface area contributed by atoms with Gasteiger partial charge in [0.15, 0.2) is 0 Å². The molecule has 7 N–H and O–H groups in total. The maximum absolute atomic E-state index is 13.7. The molecule has 3 saturated carbocycles. The normalized spacial score (nSPS) is 18.4. The van der Waals surface area contributed by atoms with Crippen LogP contribution in [0.15, 0.2) is 123 Å². The monoisotopic (exact) mass is 884 g/mol. The second kappa shape index (κ2) is 17.6. The van der Waals surface area contributed by atoms with E-state index in [1.807, 2.05) is 0 Å². The Kier molecular flexibility index (Phi) is 11.4. The van der Waals surface area contributed by atoms with E-state index in [1.165, 1.54) is 12.2 Å². The van der Waals surface area contributed by atoms with Gasteiger partial charge in [-0.25, -0.2) is 9.97 Å². The highest BCUT2D eigenvalue weighted by Crippen LogP contribution is 2.67. The van der Waals surface area contributed by atoms with Crippen LogP contribution >= 0.6 is 0 Å². The van der Waals surface area contributed by atoms with E-state index in [-0.39, 0.29) is 46.5 Å². The predicted molar refractivity (Wildman–Crippen MR) is 246 cm³/mol. The maximum Gasteiger partial charge on any atom is 0.274 e. The third-order valence-electron chi connectivity index (χ3n) is 12.2. The van der Waals surface area contributed by atoms with Crippen molar-refractivity contribution in [3.63, 3.8) is 0 Å². The van der Waals surface area contributed by atoms with Crippen molar-refractivity contribution < 1.29 is 28.8 Å². The van der Waals surface area contributed by atoms with Gasteiger partial charge in [0.1, 0.15) is 11.4 Å². The molecule has 3 aliphatic carbocycles. The average molecular weight is 885 g/mol. The van der Waals surface area contributed by atoms with E-state index in [9.17, 15) is 28.8 Å². The molecule has 18 nitrogen and oxygen atoms in total. The number of anilines is 4. The summed E-state index contributed by atoms with van der Waals surface area (Å²) >= 11 is 0. The Morgan fingerprint density at radius 1 is 0.652 bits per heavy atom. The molecule has 4 aromatic heterocycles. The molecule has 2 bridgehead atoms. The minimum absolute atomic E-state index is 0.0953. The molecule has 0 atom stereocenters. The van der Waals surface area contributed by atoms with Crippen molar-refractivity contribution in [3.05, 3.63) is 134 Å². The Hall–Kier alpha value is -8.54. The quantitative estimate of drug-likeness (QED) is 0.0633. The fourth-order valence-electron chi connectivity index (χ4n) is 8.78. The van der Waals surface area contributed by atoms with Gasteiger partial charge in [-0.1, -0.05) is 19.2 Å². The van der Waals surface area contributed by atoms with Gasteiger partial charge in [0, 0.05) is 59.1 Å². The molecule has 10 rings (SSSR count). The second-order valence-electron chi connectivity index (χ2n) is 16.8. The molecule has 4 fully saturated rings. The molecule has 66 heavy (non-hydrogen) atoms. The first-order valence-electron chi connectivity index (χ1n) is 21.3. The molecule has 4 aliphatic rings. The lowest BCUT2D eigenvalue weighted by atomic mass is 9.39. The van der Waals surface area contributed by atoms with Crippen molar-refractivity contribution in [1.29, 1.82) is 0 Å². The van der Waals surface area contributed by atoms with E-state index < -0.39 is 17.2 Å². The average Bonchev–Trinajstić information content (AvgIpc) is 4.05. The van der Waals surface area contributed by atoms with Crippen LogP contribution in [0.1, 0.15) is 53.1 Å². The highest BCUT2D eigenvalue weighted by atomic mass is 16.2. The van der Waals surface area contributed by atoms with E-state index in [1.54, 1.807) is 102 Å². The number of hydrogen-bond donors (Lipinski definition) is 7. The van der Waals surface area contributed by atoms with Crippen molar-refractivity contribution in [2.75, 3.05) is 34.4 Å². The van der Waals surface area contributed by atoms with Crippen molar-refractivity contribution in [3.8, 4) is 34.0 Å². The van der Waals surface area contributed by atoms with E-state index >= 15 is 0 Å². The minimum atomic E-state index is -0.485. The number of nitrogens with zero attached hydrogens (tertiary/aromatic N) is 5. The standard InChI is InChI=1S/C48H44N12O6/c1-3-41(61)56-48-25-47(26-48,27-48)46(66)53-33-14-12-31(13-15-33)51-44(64)36-7-5-6-34(54-36)39-24-37(58-59-39)29-22-38(35-16-19-49-57-35)55-40(23-29)45(65)52-32-10-8-30(9-11-32)50-43(63)28-17-20-60(21-18-28)42(62)4-2/h3-16,19,22-24,28H,1-2,17-18,20-21,25-27H2,(H,49,57)(H,50,63)(H,51,64)(H,52,65)(H,53,66)(H,56,61)(H,58,59). The number of nitrogens with one attached hydrogen (secondary N) is 7. The van der Waals surface area contributed by atoms with Gasteiger partial charge in [-0.05, 0) is 129 Å². The fourth-order valence-corrected chi connectivity index (χ4v) is 8.78. The summed E-state index contributed by atoms with van der Waals surface area (Å²) in [6.07, 6.45) is 6.99. The van der Waals surface area contributed by atoms with Gasteiger partial charge >= 0.3 is 0 Å². The molecule has 5 heterocycles. The Morgan fingerprint density at radius 3 is 1.89 bits per heavy atom. The Bertz CT molecular complexity index is 2880. The largest absolute Gasteiger partial charge is 0.347 e. The smallest absolute Gasteiger partial charge is 0.274 e. The summed E-state index contributed by atoms with van der Waals surface area (Å²) in [5.41, 5.74) is 4.65. The molecule has 6 aromatic rings. The first-order valence-corrected chi connectivity index (χ1v) is 21.3. The van der Waals surface area contributed by atoms with Crippen LogP contribution in [0.3, 0.4) is 0 Å². The number of carbonyl (C=O) groups excluding carboxylic acids is 6. The van der Waals surface area contributed by atoms with Crippen molar-refractivity contribution >= 4 is 58.2 Å². The highest BCUT2D eigenvalue weighted by Gasteiger charge is 2.72. The predicted octanol–water partition coefficient (Wildman–Crippen LogP) is 5.95. The Morgan fingerprint density at radius 2 is 1.27 bits per heavy atom. The third-order valence-corrected chi connectivity index (χ3v) is 12.2. The van der Waals surface area contributed by atoms with Crippen LogP contribution in [0.5, 0.6) is 0 Å². The summed E-state index contributed by atoms with van der Waals surface area (Å²) in [6, 6.07) is 25.5. The summed E-state index contributed by atoms with van der Waals surface area (Å²) in [6.45, 7) is 8.00. The summed E-state index contributed by atoms with van der Waals surface area (Å²) in [5.74, 6) is -1.75. The first kappa shape index (κ1) is 42.7. The summed E-state index contributed by atoms with van der Waals surface area (Å²) in [5, 5.41) is 29.0. The molecule has 1 saturated heterocycles. The number of likely N-dealkylation sites (tertiary alicyclic amines) is 1. The Balaban J connectivity index is 0.830. The zero-order valence-electron chi connectivity index (χ0n) is 35.5. The van der Waals surface area contributed by atoms with E-state index in [2.05, 4.69) is 70.1 Å². The maximum atomic E-state index is 13.7. The van der Waals surface area contributed by atoms with Crippen LogP contribution in [0, 0.1) is 11.3 Å². The molecule has 0 spiro atoms. The molecule has 0 unspecified atom stereocenters. The minimum Gasteiger partial charge on any atom is -0.347 e. The zero-order chi connectivity index (χ0) is 46.0. The molecular formula is C48H44N12O6. The Labute approximate surface area is 377 Å². The van der Waals surface area contributed by atoms with Gasteiger partial charge < -0.3 is 31.5 Å². The van der Waals surface area contributed by atoms with Gasteiger partial charge in [0.25, 0.3) is 11.8 Å². The number of piperidine rings is 1. The lowest BCUT2D eigenvalue weighted by Crippen LogP contribution is -2.77. The fraction of sp³-hybridized carbons (Fsp3) is 0.208. The summed E-state index contributed by atoms with van der Waals surface area (Å²) in [4.78, 5) is 87.5. The van der Waals surface area contributed by atoms with Crippen molar-refractivity contribution in [2.45, 2.75) is 37.6 Å². The van der Waals surface area contributed by atoms with E-state index in [4.69, 9.17) is 0 Å². The van der Waals surface area contributed by atoms with Gasteiger partial charge in [0.2, 0.25) is 23.6 Å². The van der Waals surface area contributed by atoms with Gasteiger partial charge in [-0.3, -0.25) is 39.0 Å². The number of aromatic nitrogens is 6. The van der Waals surface area contributed by atoms with E-state index in [0.29, 0.717) is 102 Å². The first-order chi connectivity index (χ1) is 31.9. The van der Waals surface area contributed by atoms with Crippen LogP contribution in [-0.2, 0) is 19.2 Å². The van der Waals surface area contributed by atoms with Gasteiger partial charge in [-0.2, -0.15) is 10.2 Å². The van der Waals surface area contributed by atoms with Crippen LogP contribution < -0.4 is 26.6 Å². The molecule has 1 aliphatic heterocycles. The number of amides is 6. The molecular weight excluding hydrogens is 841 g/mol. The lowest BCUT2D eigenvalue weighted by molar-refractivity contribution is -0.177. The van der Waals surface area contributed by atoms with Crippen molar-refractivity contribution in [1.82, 2.24) is 40.6 Å². The summed E-state index contributed by atoms with van der Waals surface area (Å²) in [7, 11) is 0. The lowest BCUT2D eigenvalue weighted by Gasteiger charge is -2.69. The van der Waals surface area contributed by atoms with Crippen LogP contribution in [-0.4, -0.2) is 89.3 Å². The van der Waals surface area contributed by atoms with Crippen LogP contribution in [0.4, 0.5) is 22.7 Å². The number of carbonyl (C=O) groups is 6. The number of hydrogen-bond acceptors (Lipinski definition) is 10. The number of benzene rings is 2. The van der Waals surface area contributed by atoms with Crippen LogP contribution in [0.2, 0.25) is 0 Å². The number of rotatable bonds is 14. The highest BCUT2D eigenvalue weighted by molar-refractivity contribution is 6.05. The molecule has 0 radical (unpaired) electrons. The summed E-state index contributed by atoms with van der Waals surface area (Å²) < 4.78 is 0. The molecule has 6 amide bonds. The second-order valence-corrected chi connectivity index (χ2v) is 16.8.